The summed E-state index contributed by atoms with van der Waals surface area (Å²) in [5.74, 6) is -1.66. The Kier molecular flexibility index (Phi) is 8.01. The topological polar surface area (TPSA) is 112 Å². The molecule has 1 aliphatic heterocycles. The van der Waals surface area contributed by atoms with Crippen LogP contribution in [-0.2, 0) is 14.3 Å². The van der Waals surface area contributed by atoms with Gasteiger partial charge in [0.25, 0.3) is 11.7 Å². The molecule has 1 saturated heterocycles. The Labute approximate surface area is 205 Å². The van der Waals surface area contributed by atoms with Gasteiger partial charge in [-0.05, 0) is 71.1 Å². The van der Waals surface area contributed by atoms with Gasteiger partial charge in [0.15, 0.2) is 0 Å². The Morgan fingerprint density at radius 2 is 1.83 bits per heavy atom. The predicted molar refractivity (Wildman–Crippen MR) is 131 cm³/mol. The minimum Gasteiger partial charge on any atom is -0.507 e. The molecule has 0 aliphatic carbocycles. The highest BCUT2D eigenvalue weighted by atomic mass is 16.5. The molecule has 35 heavy (non-hydrogen) atoms. The molecule has 1 fully saturated rings. The Morgan fingerprint density at radius 1 is 1.17 bits per heavy atom. The highest BCUT2D eigenvalue weighted by molar-refractivity contribution is 6.46. The van der Waals surface area contributed by atoms with Gasteiger partial charge >= 0.3 is 5.97 Å². The molecule has 1 atom stereocenters. The Hall–Kier alpha value is -3.59. The zero-order chi connectivity index (χ0) is 25.9. The van der Waals surface area contributed by atoms with Crippen LogP contribution in [0.5, 0.6) is 5.75 Å². The normalized spacial score (nSPS) is 17.3. The average Bonchev–Trinajstić information content (AvgIpc) is 3.26. The molecule has 188 valence electrons. The van der Waals surface area contributed by atoms with E-state index in [1.165, 1.54) is 4.90 Å². The third-order valence-electron chi connectivity index (χ3n) is 6.13. The van der Waals surface area contributed by atoms with Gasteiger partial charge in [0.1, 0.15) is 17.2 Å². The fraction of sp³-hybridized carbons (Fsp3) is 0.423. The number of nitrogens with zero attached hydrogens (tertiary/aromatic N) is 2. The van der Waals surface area contributed by atoms with E-state index in [4.69, 9.17) is 9.47 Å². The SMILES string of the molecule is CCOC(=O)c1[nH]c(C)c(/C(O)=C2\C(=O)C(=O)N(CCCN(C)C)[C@@H]2c2ccc(OC)cc2)c1C. The summed E-state index contributed by atoms with van der Waals surface area (Å²) >= 11 is 0. The number of aryl methyl sites for hydroxylation is 1. The highest BCUT2D eigenvalue weighted by Crippen LogP contribution is 2.41. The molecule has 0 saturated carbocycles. The largest absolute Gasteiger partial charge is 0.507 e. The van der Waals surface area contributed by atoms with E-state index >= 15 is 0 Å². The summed E-state index contributed by atoms with van der Waals surface area (Å²) in [5, 5.41) is 11.4. The number of aliphatic hydroxyl groups is 1. The van der Waals surface area contributed by atoms with Crippen molar-refractivity contribution in [3.63, 3.8) is 0 Å². The number of carbonyl (C=O) groups excluding carboxylic acids is 3. The van der Waals surface area contributed by atoms with E-state index in [9.17, 15) is 19.5 Å². The number of ether oxygens (including phenoxy) is 2. The lowest BCUT2D eigenvalue weighted by molar-refractivity contribution is -0.139. The van der Waals surface area contributed by atoms with Gasteiger partial charge in [0, 0.05) is 17.8 Å². The number of amides is 1. The van der Waals surface area contributed by atoms with E-state index in [0.29, 0.717) is 41.1 Å². The van der Waals surface area contributed by atoms with Crippen molar-refractivity contribution in [3.8, 4) is 5.75 Å². The molecule has 2 aromatic rings. The molecule has 0 unspecified atom stereocenters. The van der Waals surface area contributed by atoms with Crippen LogP contribution in [-0.4, -0.2) is 78.5 Å². The first-order valence-electron chi connectivity index (χ1n) is 11.6. The molecule has 2 heterocycles. The summed E-state index contributed by atoms with van der Waals surface area (Å²) in [6, 6.07) is 6.29. The third-order valence-corrected chi connectivity index (χ3v) is 6.13. The third kappa shape index (κ3) is 5.09. The second kappa shape index (κ2) is 10.8. The number of likely N-dealkylation sites (tertiary alicyclic amines) is 1. The number of esters is 1. The molecule has 1 aliphatic rings. The van der Waals surface area contributed by atoms with Crippen molar-refractivity contribution in [2.45, 2.75) is 33.2 Å². The number of aromatic nitrogens is 1. The van der Waals surface area contributed by atoms with Crippen molar-refractivity contribution >= 4 is 23.4 Å². The zero-order valence-electron chi connectivity index (χ0n) is 21.1. The first-order valence-corrected chi connectivity index (χ1v) is 11.6. The number of Topliss-reactive ketones (excluding diaryl/α,β-unsaturated/α-hetero) is 1. The van der Waals surface area contributed by atoms with Gasteiger partial charge in [0.05, 0.1) is 25.3 Å². The molecule has 3 rings (SSSR count). The number of aromatic amines is 1. The number of ketones is 1. The van der Waals surface area contributed by atoms with E-state index in [0.717, 1.165) is 6.54 Å². The van der Waals surface area contributed by atoms with Crippen LogP contribution in [0, 0.1) is 13.8 Å². The minimum atomic E-state index is -0.775. The summed E-state index contributed by atoms with van der Waals surface area (Å²) < 4.78 is 10.4. The molecule has 2 N–H and O–H groups in total. The first kappa shape index (κ1) is 26.0. The maximum absolute atomic E-state index is 13.3. The van der Waals surface area contributed by atoms with Gasteiger partial charge in [-0.15, -0.1) is 0 Å². The van der Waals surface area contributed by atoms with Crippen LogP contribution in [0.1, 0.15) is 52.3 Å². The number of methoxy groups -OCH3 is 1. The molecule has 1 aromatic carbocycles. The van der Waals surface area contributed by atoms with Gasteiger partial charge in [-0.25, -0.2) is 4.79 Å². The van der Waals surface area contributed by atoms with E-state index in [-0.39, 0.29) is 23.6 Å². The average molecular weight is 484 g/mol. The van der Waals surface area contributed by atoms with Gasteiger partial charge in [-0.1, -0.05) is 12.1 Å². The van der Waals surface area contributed by atoms with Gasteiger partial charge < -0.3 is 29.4 Å². The van der Waals surface area contributed by atoms with Crippen LogP contribution in [0.2, 0.25) is 0 Å². The molecule has 0 spiro atoms. The number of rotatable bonds is 9. The number of nitrogens with one attached hydrogen (secondary N) is 1. The van der Waals surface area contributed by atoms with Gasteiger partial charge in [-0.2, -0.15) is 0 Å². The van der Waals surface area contributed by atoms with E-state index in [2.05, 4.69) is 4.98 Å². The fourth-order valence-corrected chi connectivity index (χ4v) is 4.45. The van der Waals surface area contributed by atoms with Crippen LogP contribution in [0.25, 0.3) is 5.76 Å². The second-order valence-electron chi connectivity index (χ2n) is 8.77. The Balaban J connectivity index is 2.15. The maximum Gasteiger partial charge on any atom is 0.355 e. The number of hydrogen-bond acceptors (Lipinski definition) is 7. The van der Waals surface area contributed by atoms with E-state index in [1.54, 1.807) is 52.1 Å². The minimum absolute atomic E-state index is 0.00868. The molecule has 1 aromatic heterocycles. The lowest BCUT2D eigenvalue weighted by Crippen LogP contribution is -2.32. The van der Waals surface area contributed by atoms with E-state index in [1.807, 2.05) is 19.0 Å². The molecule has 9 heteroatoms. The summed E-state index contributed by atoms with van der Waals surface area (Å²) in [4.78, 5) is 45.2. The van der Waals surface area contributed by atoms with Gasteiger partial charge in [-0.3, -0.25) is 9.59 Å². The summed E-state index contributed by atoms with van der Waals surface area (Å²) in [6.07, 6.45) is 0.655. The number of carbonyl (C=O) groups is 3. The number of hydrogen-bond donors (Lipinski definition) is 2. The van der Waals surface area contributed by atoms with Crippen LogP contribution in [0.15, 0.2) is 29.8 Å². The van der Waals surface area contributed by atoms with Gasteiger partial charge in [0.2, 0.25) is 0 Å². The van der Waals surface area contributed by atoms with Crippen molar-refractivity contribution < 1.29 is 29.0 Å². The molecular formula is C26H33N3O6. The van der Waals surface area contributed by atoms with Crippen molar-refractivity contribution in [2.24, 2.45) is 0 Å². The summed E-state index contributed by atoms with van der Waals surface area (Å²) in [7, 11) is 5.43. The molecule has 0 bridgehead atoms. The van der Waals surface area contributed by atoms with Crippen molar-refractivity contribution in [1.29, 1.82) is 0 Å². The first-order chi connectivity index (χ1) is 16.6. The van der Waals surface area contributed by atoms with Crippen LogP contribution < -0.4 is 4.74 Å². The second-order valence-corrected chi connectivity index (χ2v) is 8.77. The fourth-order valence-electron chi connectivity index (χ4n) is 4.45. The molecule has 0 radical (unpaired) electrons. The maximum atomic E-state index is 13.3. The highest BCUT2D eigenvalue weighted by Gasteiger charge is 2.46. The monoisotopic (exact) mass is 483 g/mol. The Morgan fingerprint density at radius 3 is 2.40 bits per heavy atom. The predicted octanol–water partition coefficient (Wildman–Crippen LogP) is 3.19. The van der Waals surface area contributed by atoms with Crippen molar-refractivity contribution in [3.05, 3.63) is 57.9 Å². The molecular weight excluding hydrogens is 450 g/mol. The number of aliphatic hydroxyl groups excluding tert-OH is 1. The van der Waals surface area contributed by atoms with Crippen LogP contribution in [0.4, 0.5) is 0 Å². The van der Waals surface area contributed by atoms with Crippen LogP contribution >= 0.6 is 0 Å². The lowest BCUT2D eigenvalue weighted by Gasteiger charge is -2.26. The van der Waals surface area contributed by atoms with Crippen molar-refractivity contribution in [2.75, 3.05) is 40.9 Å². The smallest absolute Gasteiger partial charge is 0.355 e. The van der Waals surface area contributed by atoms with Crippen LogP contribution in [0.3, 0.4) is 0 Å². The van der Waals surface area contributed by atoms with E-state index < -0.39 is 23.7 Å². The molecule has 1 amide bonds. The summed E-state index contributed by atoms with van der Waals surface area (Å²) in [6.45, 7) is 6.34. The quantitative estimate of drug-likeness (QED) is 0.244. The number of benzene rings is 1. The summed E-state index contributed by atoms with van der Waals surface area (Å²) in [5.41, 5.74) is 2.13. The zero-order valence-corrected chi connectivity index (χ0v) is 21.1. The lowest BCUT2D eigenvalue weighted by atomic mass is 9.94. The Bertz CT molecular complexity index is 1150. The van der Waals surface area contributed by atoms with Crippen molar-refractivity contribution in [1.82, 2.24) is 14.8 Å². The number of H-pyrrole nitrogens is 1. The molecule has 9 nitrogen and oxygen atoms in total. The standard InChI is InChI=1S/C26H33N3O6/c1-7-35-26(33)21-15(2)19(16(3)27-21)23(30)20-22(17-9-11-18(34-6)12-10-17)29(25(32)24(20)31)14-8-13-28(4)5/h9-12,22,27,30H,7-8,13-14H2,1-6H3/b23-20+/t22-/m1/s1.